The number of hydrogen-bond acceptors (Lipinski definition) is 4. The van der Waals surface area contributed by atoms with Gasteiger partial charge in [0.1, 0.15) is 0 Å². The maximum Gasteiger partial charge on any atom is 0.247 e. The molecule has 1 heterocycles. The number of rotatable bonds is 6. The van der Waals surface area contributed by atoms with Gasteiger partial charge in [0.05, 0.1) is 12.5 Å². The van der Waals surface area contributed by atoms with Gasteiger partial charge in [-0.25, -0.2) is 0 Å². The molecule has 1 aliphatic rings. The molecule has 1 aromatic heterocycles. The van der Waals surface area contributed by atoms with Crippen molar-refractivity contribution in [2.45, 2.75) is 38.1 Å². The van der Waals surface area contributed by atoms with Gasteiger partial charge in [0, 0.05) is 5.56 Å². The summed E-state index contributed by atoms with van der Waals surface area (Å²) in [5.74, 6) is 1.20. The molecule has 0 spiro atoms. The second-order valence-corrected chi connectivity index (χ2v) is 7.02. The Morgan fingerprint density at radius 2 is 1.67 bits per heavy atom. The van der Waals surface area contributed by atoms with E-state index in [0.717, 1.165) is 24.0 Å². The van der Waals surface area contributed by atoms with Gasteiger partial charge in [0.2, 0.25) is 17.7 Å². The summed E-state index contributed by atoms with van der Waals surface area (Å²) in [4.78, 5) is 13.0. The fourth-order valence-electron chi connectivity index (χ4n) is 3.88. The molecule has 1 fully saturated rings. The average molecular weight is 361 g/mol. The first-order valence-electron chi connectivity index (χ1n) is 9.52. The van der Waals surface area contributed by atoms with Crippen molar-refractivity contribution in [2.75, 3.05) is 0 Å². The molecule has 1 N–H and O–H groups in total. The van der Waals surface area contributed by atoms with E-state index in [4.69, 9.17) is 4.42 Å². The Bertz CT molecular complexity index is 871. The van der Waals surface area contributed by atoms with Gasteiger partial charge in [-0.2, -0.15) is 0 Å². The number of carbonyl (C=O) groups is 1. The minimum atomic E-state index is -0.120. The molecule has 0 bridgehead atoms. The van der Waals surface area contributed by atoms with Crippen LogP contribution in [-0.4, -0.2) is 16.1 Å². The van der Waals surface area contributed by atoms with E-state index in [9.17, 15) is 4.79 Å². The van der Waals surface area contributed by atoms with Crippen molar-refractivity contribution in [3.8, 4) is 11.5 Å². The van der Waals surface area contributed by atoms with E-state index in [-0.39, 0.29) is 18.4 Å². The molecule has 1 aliphatic carbocycles. The summed E-state index contributed by atoms with van der Waals surface area (Å²) in [6.45, 7) is 0.245. The molecule has 4 rings (SSSR count). The van der Waals surface area contributed by atoms with Gasteiger partial charge in [0.15, 0.2) is 0 Å². The first-order valence-corrected chi connectivity index (χ1v) is 9.52. The van der Waals surface area contributed by atoms with E-state index in [1.807, 2.05) is 60.7 Å². The Balaban J connectivity index is 1.45. The van der Waals surface area contributed by atoms with Crippen LogP contribution in [0.15, 0.2) is 65.1 Å². The van der Waals surface area contributed by atoms with Crippen molar-refractivity contribution in [1.29, 1.82) is 0 Å². The van der Waals surface area contributed by atoms with Crippen LogP contribution in [0.25, 0.3) is 11.5 Å². The number of nitrogens with one attached hydrogen (secondary N) is 1. The molecule has 1 amide bonds. The Kier molecular flexibility index (Phi) is 5.28. The minimum absolute atomic E-state index is 0.0348. The highest BCUT2D eigenvalue weighted by Crippen LogP contribution is 2.37. The molecule has 1 saturated carbocycles. The Morgan fingerprint density at radius 3 is 2.37 bits per heavy atom. The molecule has 5 nitrogen and oxygen atoms in total. The molecule has 5 heteroatoms. The van der Waals surface area contributed by atoms with Crippen LogP contribution < -0.4 is 5.32 Å². The van der Waals surface area contributed by atoms with Crippen LogP contribution in [0, 0.1) is 5.92 Å². The third-order valence-corrected chi connectivity index (χ3v) is 5.21. The highest BCUT2D eigenvalue weighted by Gasteiger charge is 2.31. The number of carbonyl (C=O) groups excluding carboxylic acids is 1. The first kappa shape index (κ1) is 17.5. The highest BCUT2D eigenvalue weighted by molar-refractivity contribution is 5.84. The lowest BCUT2D eigenvalue weighted by Gasteiger charge is -2.22. The molecule has 1 atom stereocenters. The van der Waals surface area contributed by atoms with Crippen LogP contribution in [-0.2, 0) is 11.3 Å². The van der Waals surface area contributed by atoms with Gasteiger partial charge in [-0.1, -0.05) is 61.4 Å². The van der Waals surface area contributed by atoms with Crippen LogP contribution in [0.4, 0.5) is 0 Å². The number of amides is 1. The fourth-order valence-corrected chi connectivity index (χ4v) is 3.88. The molecule has 0 radical (unpaired) electrons. The molecule has 27 heavy (non-hydrogen) atoms. The monoisotopic (exact) mass is 361 g/mol. The van der Waals surface area contributed by atoms with Crippen LogP contribution in [0.3, 0.4) is 0 Å². The van der Waals surface area contributed by atoms with Crippen molar-refractivity contribution in [3.63, 3.8) is 0 Å². The molecule has 2 aromatic carbocycles. The second kappa shape index (κ2) is 8.16. The molecule has 3 aromatic rings. The fraction of sp³-hybridized carbons (Fsp3) is 0.318. The topological polar surface area (TPSA) is 68.0 Å². The summed E-state index contributed by atoms with van der Waals surface area (Å²) in [7, 11) is 0. The maximum atomic E-state index is 13.0. The van der Waals surface area contributed by atoms with E-state index < -0.39 is 0 Å². The number of aromatic nitrogens is 2. The lowest BCUT2D eigenvalue weighted by Crippen LogP contribution is -2.32. The second-order valence-electron chi connectivity index (χ2n) is 7.02. The van der Waals surface area contributed by atoms with E-state index in [1.165, 1.54) is 12.8 Å². The van der Waals surface area contributed by atoms with Crippen molar-refractivity contribution >= 4 is 5.91 Å². The normalized spacial score (nSPS) is 15.6. The summed E-state index contributed by atoms with van der Waals surface area (Å²) in [5, 5.41) is 11.1. The first-order chi connectivity index (χ1) is 13.3. The predicted molar refractivity (Wildman–Crippen MR) is 103 cm³/mol. The summed E-state index contributed by atoms with van der Waals surface area (Å²) in [6.07, 6.45) is 4.61. The molecule has 0 unspecified atom stereocenters. The summed E-state index contributed by atoms with van der Waals surface area (Å²) < 4.78 is 5.69. The summed E-state index contributed by atoms with van der Waals surface area (Å²) in [5.41, 5.74) is 1.95. The number of hydrogen-bond donors (Lipinski definition) is 1. The largest absolute Gasteiger partial charge is 0.419 e. The zero-order valence-electron chi connectivity index (χ0n) is 15.2. The number of nitrogens with zero attached hydrogens (tertiary/aromatic N) is 2. The Morgan fingerprint density at radius 1 is 1.00 bits per heavy atom. The van der Waals surface area contributed by atoms with Crippen LogP contribution in [0.5, 0.6) is 0 Å². The molecule has 0 saturated heterocycles. The van der Waals surface area contributed by atoms with Crippen LogP contribution in [0.1, 0.15) is 43.1 Å². The Hall–Kier alpha value is -2.95. The summed E-state index contributed by atoms with van der Waals surface area (Å²) in [6, 6.07) is 19.7. The van der Waals surface area contributed by atoms with Crippen molar-refractivity contribution in [1.82, 2.24) is 15.5 Å². The van der Waals surface area contributed by atoms with E-state index in [1.54, 1.807) is 0 Å². The molecular formula is C22H23N3O2. The van der Waals surface area contributed by atoms with Gasteiger partial charge >= 0.3 is 0 Å². The Labute approximate surface area is 158 Å². The van der Waals surface area contributed by atoms with Crippen molar-refractivity contribution in [3.05, 3.63) is 72.1 Å². The third-order valence-electron chi connectivity index (χ3n) is 5.21. The van der Waals surface area contributed by atoms with Crippen LogP contribution in [0.2, 0.25) is 0 Å². The maximum absolute atomic E-state index is 13.0. The van der Waals surface area contributed by atoms with E-state index in [2.05, 4.69) is 15.5 Å². The van der Waals surface area contributed by atoms with Gasteiger partial charge < -0.3 is 9.73 Å². The minimum Gasteiger partial charge on any atom is -0.419 e. The van der Waals surface area contributed by atoms with Gasteiger partial charge in [-0.3, -0.25) is 4.79 Å². The van der Waals surface area contributed by atoms with E-state index in [0.29, 0.717) is 17.7 Å². The standard InChI is InChI=1S/C22H23N3O2/c26-21(20(17-11-7-8-12-17)16-9-3-1-4-10-16)23-15-19-24-25-22(27-19)18-13-5-2-6-14-18/h1-6,9-10,13-14,17,20H,7-8,11-12,15H2,(H,23,26)/t20-/m1/s1. The predicted octanol–water partition coefficient (Wildman–Crippen LogP) is 4.33. The third kappa shape index (κ3) is 4.08. The van der Waals surface area contributed by atoms with Crippen molar-refractivity contribution in [2.24, 2.45) is 5.92 Å². The number of benzene rings is 2. The SMILES string of the molecule is O=C(NCc1nnc(-c2ccccc2)o1)[C@H](c1ccccc1)C1CCCC1. The van der Waals surface area contributed by atoms with E-state index >= 15 is 0 Å². The molecular weight excluding hydrogens is 338 g/mol. The molecule has 138 valence electrons. The van der Waals surface area contributed by atoms with Gasteiger partial charge in [0.25, 0.3) is 0 Å². The average Bonchev–Trinajstić information content (AvgIpc) is 3.41. The van der Waals surface area contributed by atoms with Crippen molar-refractivity contribution < 1.29 is 9.21 Å². The zero-order chi connectivity index (χ0) is 18.5. The lowest BCUT2D eigenvalue weighted by molar-refractivity contribution is -0.124. The quantitative estimate of drug-likeness (QED) is 0.710. The summed E-state index contributed by atoms with van der Waals surface area (Å²) >= 11 is 0. The molecule has 0 aliphatic heterocycles. The zero-order valence-corrected chi connectivity index (χ0v) is 15.2. The highest BCUT2D eigenvalue weighted by atomic mass is 16.4. The smallest absolute Gasteiger partial charge is 0.247 e. The van der Waals surface area contributed by atoms with Gasteiger partial charge in [-0.15, -0.1) is 10.2 Å². The van der Waals surface area contributed by atoms with Gasteiger partial charge in [-0.05, 0) is 36.5 Å². The van der Waals surface area contributed by atoms with Crippen LogP contribution >= 0.6 is 0 Å². The lowest BCUT2D eigenvalue weighted by atomic mass is 9.84.